The van der Waals surface area contributed by atoms with Crippen LogP contribution >= 0.6 is 0 Å². The second kappa shape index (κ2) is 8.01. The summed E-state index contributed by atoms with van der Waals surface area (Å²) in [5, 5.41) is 2.54. The summed E-state index contributed by atoms with van der Waals surface area (Å²) in [6.07, 6.45) is -5.96. The van der Waals surface area contributed by atoms with Crippen LogP contribution in [0.15, 0.2) is 24.3 Å². The van der Waals surface area contributed by atoms with Crippen molar-refractivity contribution in [3.8, 4) is 0 Å². The Balaban J connectivity index is 1.86. The Morgan fingerprint density at radius 2 is 1.76 bits per heavy atom. The Hall–Kier alpha value is -1.86. The van der Waals surface area contributed by atoms with Gasteiger partial charge in [-0.25, -0.2) is 13.6 Å². The van der Waals surface area contributed by atoms with Crippen LogP contribution in [0.5, 0.6) is 0 Å². The van der Waals surface area contributed by atoms with Crippen molar-refractivity contribution in [1.29, 1.82) is 0 Å². The summed E-state index contributed by atoms with van der Waals surface area (Å²) >= 11 is 0. The molecule has 0 aromatic heterocycles. The van der Waals surface area contributed by atoms with Gasteiger partial charge in [-0.1, -0.05) is 12.1 Å². The van der Waals surface area contributed by atoms with Gasteiger partial charge in [0.05, 0.1) is 5.56 Å². The molecular weight excluding hydrogens is 343 g/mol. The fraction of sp³-hybridized carbons (Fsp3) is 0.588. The third kappa shape index (κ3) is 5.57. The smallest absolute Gasteiger partial charge is 0.335 e. The van der Waals surface area contributed by atoms with E-state index in [2.05, 4.69) is 5.32 Å². The maximum Gasteiger partial charge on any atom is 0.416 e. The van der Waals surface area contributed by atoms with E-state index in [1.165, 1.54) is 19.1 Å². The fourth-order valence-corrected chi connectivity index (χ4v) is 2.99. The van der Waals surface area contributed by atoms with Gasteiger partial charge in [0.2, 0.25) is 6.43 Å². The predicted octanol–water partition coefficient (Wildman–Crippen LogP) is 4.64. The highest BCUT2D eigenvalue weighted by Gasteiger charge is 2.31. The Kier molecular flexibility index (Phi) is 6.24. The van der Waals surface area contributed by atoms with Crippen molar-refractivity contribution in [1.82, 2.24) is 10.2 Å². The van der Waals surface area contributed by atoms with Gasteiger partial charge in [-0.2, -0.15) is 13.2 Å². The molecule has 25 heavy (non-hydrogen) atoms. The zero-order valence-electron chi connectivity index (χ0n) is 13.8. The number of benzene rings is 1. The van der Waals surface area contributed by atoms with Gasteiger partial charge < -0.3 is 10.2 Å². The largest absolute Gasteiger partial charge is 0.416 e. The molecule has 1 N–H and O–H groups in total. The normalized spacial score (nSPS) is 17.6. The monoisotopic (exact) mass is 364 g/mol. The molecule has 1 atom stereocenters. The van der Waals surface area contributed by atoms with Crippen LogP contribution in [0, 0.1) is 0 Å². The van der Waals surface area contributed by atoms with E-state index in [-0.39, 0.29) is 11.9 Å². The number of rotatable bonds is 4. The second-order valence-electron chi connectivity index (χ2n) is 6.36. The molecule has 1 aliphatic rings. The van der Waals surface area contributed by atoms with Gasteiger partial charge in [0.1, 0.15) is 0 Å². The third-order valence-corrected chi connectivity index (χ3v) is 4.39. The topological polar surface area (TPSA) is 32.3 Å². The number of carbonyl (C=O) groups excluding carboxylic acids is 1. The highest BCUT2D eigenvalue weighted by atomic mass is 19.4. The van der Waals surface area contributed by atoms with Gasteiger partial charge in [0, 0.05) is 25.6 Å². The summed E-state index contributed by atoms with van der Waals surface area (Å²) in [7, 11) is 0. The number of halogens is 5. The van der Waals surface area contributed by atoms with Crippen molar-refractivity contribution in [2.45, 2.75) is 50.7 Å². The van der Waals surface area contributed by atoms with Gasteiger partial charge in [-0.15, -0.1) is 0 Å². The van der Waals surface area contributed by atoms with Gasteiger partial charge in [0.15, 0.2) is 0 Å². The summed E-state index contributed by atoms with van der Waals surface area (Å²) in [4.78, 5) is 13.6. The Morgan fingerprint density at radius 3 is 2.24 bits per heavy atom. The molecule has 0 bridgehead atoms. The van der Waals surface area contributed by atoms with E-state index in [1.54, 1.807) is 4.90 Å². The number of nitrogens with zero attached hydrogens (tertiary/aromatic N) is 1. The first-order chi connectivity index (χ1) is 11.7. The van der Waals surface area contributed by atoms with Crippen LogP contribution in [0.1, 0.15) is 43.2 Å². The number of nitrogens with one attached hydrogen (secondary N) is 1. The third-order valence-electron chi connectivity index (χ3n) is 4.39. The van der Waals surface area contributed by atoms with Crippen molar-refractivity contribution >= 4 is 6.03 Å². The fourth-order valence-electron chi connectivity index (χ4n) is 2.99. The van der Waals surface area contributed by atoms with Gasteiger partial charge in [-0.05, 0) is 43.4 Å². The van der Waals surface area contributed by atoms with Crippen LogP contribution in [-0.4, -0.2) is 36.5 Å². The van der Waals surface area contributed by atoms with E-state index in [0.29, 0.717) is 25.9 Å². The molecular formula is C17H21F5N2O. The standard InChI is InChI=1S/C17H21F5N2O/c1-11(10-15(18)19)23-16(25)24-8-6-13(7-9-24)12-2-4-14(5-3-12)17(20,21)22/h2-5,11,13,15H,6-10H2,1H3,(H,23,25). The van der Waals surface area contributed by atoms with E-state index in [0.717, 1.165) is 17.7 Å². The maximum atomic E-state index is 12.6. The summed E-state index contributed by atoms with van der Waals surface area (Å²) in [5.41, 5.74) is 0.139. The van der Waals surface area contributed by atoms with Crippen molar-refractivity contribution in [3.63, 3.8) is 0 Å². The molecule has 3 nitrogen and oxygen atoms in total. The zero-order chi connectivity index (χ0) is 18.6. The lowest BCUT2D eigenvalue weighted by molar-refractivity contribution is -0.137. The molecule has 8 heteroatoms. The Labute approximate surface area is 143 Å². The van der Waals surface area contributed by atoms with Crippen molar-refractivity contribution < 1.29 is 26.7 Å². The van der Waals surface area contributed by atoms with Crippen LogP contribution in [-0.2, 0) is 6.18 Å². The molecule has 1 heterocycles. The minimum absolute atomic E-state index is 0.0878. The number of hydrogen-bond acceptors (Lipinski definition) is 1. The van der Waals surface area contributed by atoms with Crippen LogP contribution in [0.2, 0.25) is 0 Å². The number of amides is 2. The number of urea groups is 1. The van der Waals surface area contributed by atoms with E-state index in [4.69, 9.17) is 0 Å². The first-order valence-electron chi connectivity index (χ1n) is 8.17. The SMILES string of the molecule is CC(CC(F)F)NC(=O)N1CCC(c2ccc(C(F)(F)F)cc2)CC1. The molecule has 1 fully saturated rings. The van der Waals surface area contributed by atoms with Gasteiger partial charge >= 0.3 is 12.2 Å². The number of piperidine rings is 1. The molecule has 0 spiro atoms. The van der Waals surface area contributed by atoms with E-state index in [1.807, 2.05) is 0 Å². The molecule has 1 aromatic carbocycles. The summed E-state index contributed by atoms with van der Waals surface area (Å²) in [6.45, 7) is 2.41. The quantitative estimate of drug-likeness (QED) is 0.776. The summed E-state index contributed by atoms with van der Waals surface area (Å²) in [6, 6.07) is 4.11. The molecule has 0 aliphatic carbocycles. The summed E-state index contributed by atoms with van der Waals surface area (Å²) in [5.74, 6) is 0.0878. The average molecular weight is 364 g/mol. The molecule has 1 unspecified atom stereocenters. The minimum atomic E-state index is -4.35. The van der Waals surface area contributed by atoms with Crippen molar-refractivity contribution in [3.05, 3.63) is 35.4 Å². The Morgan fingerprint density at radius 1 is 1.20 bits per heavy atom. The van der Waals surface area contributed by atoms with Gasteiger partial charge in [-0.3, -0.25) is 0 Å². The number of hydrogen-bond donors (Lipinski definition) is 1. The van der Waals surface area contributed by atoms with Crippen molar-refractivity contribution in [2.24, 2.45) is 0 Å². The lowest BCUT2D eigenvalue weighted by atomic mass is 9.89. The van der Waals surface area contributed by atoms with Gasteiger partial charge in [0.25, 0.3) is 0 Å². The lowest BCUT2D eigenvalue weighted by Crippen LogP contribution is -2.47. The van der Waals surface area contributed by atoms with Crippen LogP contribution in [0.3, 0.4) is 0 Å². The number of alkyl halides is 5. The molecule has 0 saturated carbocycles. The highest BCUT2D eigenvalue weighted by Crippen LogP contribution is 2.32. The van der Waals surface area contributed by atoms with E-state index >= 15 is 0 Å². The van der Waals surface area contributed by atoms with E-state index in [9.17, 15) is 26.7 Å². The molecule has 2 amide bonds. The first-order valence-corrected chi connectivity index (χ1v) is 8.17. The zero-order valence-corrected chi connectivity index (χ0v) is 13.8. The minimum Gasteiger partial charge on any atom is -0.335 e. The Bertz CT molecular complexity index is 565. The predicted molar refractivity (Wildman–Crippen MR) is 83.6 cm³/mol. The van der Waals surface area contributed by atoms with E-state index < -0.39 is 30.6 Å². The van der Waals surface area contributed by atoms with Crippen molar-refractivity contribution in [2.75, 3.05) is 13.1 Å². The van der Waals surface area contributed by atoms with Crippen LogP contribution < -0.4 is 5.32 Å². The second-order valence-corrected chi connectivity index (χ2v) is 6.36. The first kappa shape index (κ1) is 19.5. The molecule has 140 valence electrons. The van der Waals surface area contributed by atoms with Crippen LogP contribution in [0.4, 0.5) is 26.7 Å². The number of carbonyl (C=O) groups is 1. The summed E-state index contributed by atoms with van der Waals surface area (Å²) < 4.78 is 62.3. The lowest BCUT2D eigenvalue weighted by Gasteiger charge is -2.33. The highest BCUT2D eigenvalue weighted by molar-refractivity contribution is 5.74. The number of likely N-dealkylation sites (tertiary alicyclic amines) is 1. The molecule has 1 saturated heterocycles. The molecule has 0 radical (unpaired) electrons. The maximum absolute atomic E-state index is 12.6. The molecule has 2 rings (SSSR count). The average Bonchev–Trinajstić information content (AvgIpc) is 2.53. The van der Waals surface area contributed by atoms with Crippen LogP contribution in [0.25, 0.3) is 0 Å². The molecule has 1 aliphatic heterocycles. The molecule has 1 aromatic rings.